The van der Waals surface area contributed by atoms with Gasteiger partial charge in [-0.3, -0.25) is 30.5 Å². The van der Waals surface area contributed by atoms with Gasteiger partial charge in [0.25, 0.3) is 0 Å². The molecule has 2 atom stereocenters. The van der Waals surface area contributed by atoms with Gasteiger partial charge in [0.05, 0.1) is 37.2 Å². The zero-order valence-electron chi connectivity index (χ0n) is 32.6. The molecule has 2 aromatic carbocycles. The van der Waals surface area contributed by atoms with E-state index in [1.54, 1.807) is 11.5 Å². The number of aryl methyl sites for hydroxylation is 1. The first-order valence-corrected chi connectivity index (χ1v) is 19.0. The molecule has 2 unspecified atom stereocenters. The standard InChI is InChI=1S/C36H47ClN8O14/c1-4-5-14-30-38-32(37)31(34(46)58-25(3)59-36(48)54-20-9-11-22-56-45(51)52)42(30)23-26-15-17-27(18-16-26)28-12-6-7-13-29(28)33-39-41-43(40-33)24(2)57-35(47)53-19-8-10-21-55-44(49)50/h6-7,12-13,15-18,24-25,49-52H,4-5,8-11,14,19-23H2,1-3H3. The van der Waals surface area contributed by atoms with E-state index in [0.717, 1.165) is 34.3 Å². The van der Waals surface area contributed by atoms with Gasteiger partial charge in [0.15, 0.2) is 10.8 Å². The van der Waals surface area contributed by atoms with Gasteiger partial charge in [-0.15, -0.1) is 15.0 Å². The summed E-state index contributed by atoms with van der Waals surface area (Å²) in [5.74, 6) is -0.00157. The molecule has 0 aliphatic heterocycles. The van der Waals surface area contributed by atoms with Gasteiger partial charge < -0.3 is 28.3 Å². The van der Waals surface area contributed by atoms with Crippen LogP contribution in [0.15, 0.2) is 48.5 Å². The zero-order chi connectivity index (χ0) is 42.7. The number of esters is 1. The molecule has 0 bridgehead atoms. The van der Waals surface area contributed by atoms with Crippen LogP contribution in [0.2, 0.25) is 5.15 Å². The Balaban J connectivity index is 1.40. The van der Waals surface area contributed by atoms with Gasteiger partial charge >= 0.3 is 18.3 Å². The lowest BCUT2D eigenvalue weighted by molar-refractivity contribution is -0.492. The number of hydrogen-bond donors (Lipinski definition) is 4. The van der Waals surface area contributed by atoms with Gasteiger partial charge in [-0.25, -0.2) is 19.4 Å². The number of unbranched alkanes of at least 4 members (excludes halogenated alkanes) is 3. The van der Waals surface area contributed by atoms with E-state index in [-0.39, 0.29) is 49.6 Å². The first-order chi connectivity index (χ1) is 28.4. The number of aromatic nitrogens is 6. The Kier molecular flexibility index (Phi) is 18.8. The number of hydrogen-bond acceptors (Lipinski definition) is 20. The molecular formula is C36H47ClN8O14. The van der Waals surface area contributed by atoms with Crippen LogP contribution in [-0.4, -0.2) is 112 Å². The Bertz CT molecular complexity index is 1930. The summed E-state index contributed by atoms with van der Waals surface area (Å²) in [4.78, 5) is 52.2. The summed E-state index contributed by atoms with van der Waals surface area (Å²) < 4.78 is 27.4. The Hall–Kier alpha value is -5.30. The molecule has 2 heterocycles. The molecule has 0 radical (unpaired) electrons. The molecule has 4 rings (SSSR count). The fourth-order valence-electron chi connectivity index (χ4n) is 5.38. The van der Waals surface area contributed by atoms with E-state index in [0.29, 0.717) is 43.5 Å². The molecule has 0 aliphatic carbocycles. The van der Waals surface area contributed by atoms with Crippen LogP contribution in [0.1, 0.15) is 87.4 Å². The highest BCUT2D eigenvalue weighted by Crippen LogP contribution is 2.31. The predicted molar refractivity (Wildman–Crippen MR) is 199 cm³/mol. The van der Waals surface area contributed by atoms with Crippen molar-refractivity contribution in [3.05, 3.63) is 70.8 Å². The van der Waals surface area contributed by atoms with Crippen molar-refractivity contribution in [3.63, 3.8) is 0 Å². The van der Waals surface area contributed by atoms with Crippen LogP contribution >= 0.6 is 11.6 Å². The van der Waals surface area contributed by atoms with Crippen molar-refractivity contribution in [2.24, 2.45) is 0 Å². The van der Waals surface area contributed by atoms with Crippen LogP contribution in [-0.2, 0) is 46.3 Å². The summed E-state index contributed by atoms with van der Waals surface area (Å²) >= 11 is 6.50. The maximum atomic E-state index is 13.4. The third-order valence-electron chi connectivity index (χ3n) is 8.21. The van der Waals surface area contributed by atoms with E-state index in [2.05, 4.69) is 30.1 Å². The third kappa shape index (κ3) is 15.1. The van der Waals surface area contributed by atoms with Crippen molar-refractivity contribution in [2.75, 3.05) is 26.4 Å². The fraction of sp³-hybridized carbons (Fsp3) is 0.472. The largest absolute Gasteiger partial charge is 0.511 e. The van der Waals surface area contributed by atoms with Gasteiger partial charge in [-0.1, -0.05) is 73.5 Å². The summed E-state index contributed by atoms with van der Waals surface area (Å²) in [7, 11) is 0. The lowest BCUT2D eigenvalue weighted by Gasteiger charge is -2.16. The molecular weight excluding hydrogens is 804 g/mol. The van der Waals surface area contributed by atoms with Crippen molar-refractivity contribution in [1.82, 2.24) is 40.5 Å². The number of carbonyl (C=O) groups is 3. The average Bonchev–Trinajstić information content (AvgIpc) is 3.81. The predicted octanol–water partition coefficient (Wildman–Crippen LogP) is 6.16. The molecule has 0 saturated heterocycles. The van der Waals surface area contributed by atoms with Crippen LogP contribution in [0, 0.1) is 0 Å². The second kappa shape index (κ2) is 23.9. The molecule has 59 heavy (non-hydrogen) atoms. The number of benzene rings is 2. The number of imidazole rings is 1. The van der Waals surface area contributed by atoms with Crippen molar-refractivity contribution >= 4 is 29.9 Å². The van der Waals surface area contributed by atoms with Gasteiger partial charge in [0.1, 0.15) is 5.82 Å². The second-order valence-corrected chi connectivity index (χ2v) is 13.0. The molecule has 0 amide bonds. The highest BCUT2D eigenvalue weighted by atomic mass is 35.5. The Morgan fingerprint density at radius 1 is 0.780 bits per heavy atom. The van der Waals surface area contributed by atoms with Crippen LogP contribution in [0.4, 0.5) is 9.59 Å². The van der Waals surface area contributed by atoms with Crippen LogP contribution in [0.3, 0.4) is 0 Å². The van der Waals surface area contributed by atoms with Crippen LogP contribution in [0.5, 0.6) is 0 Å². The summed E-state index contributed by atoms with van der Waals surface area (Å²) in [5, 5.41) is 45.9. The van der Waals surface area contributed by atoms with E-state index < -0.39 is 41.6 Å². The first-order valence-electron chi connectivity index (χ1n) is 18.6. The first kappa shape index (κ1) is 46.4. The lowest BCUT2D eigenvalue weighted by Crippen LogP contribution is -2.24. The zero-order valence-corrected chi connectivity index (χ0v) is 33.3. The molecule has 2 aromatic heterocycles. The average molecular weight is 851 g/mol. The highest BCUT2D eigenvalue weighted by Gasteiger charge is 2.26. The van der Waals surface area contributed by atoms with E-state index >= 15 is 0 Å². The Morgan fingerprint density at radius 3 is 1.98 bits per heavy atom. The number of ether oxygens (including phenoxy) is 5. The molecule has 0 fully saturated rings. The van der Waals surface area contributed by atoms with Crippen molar-refractivity contribution < 1.29 is 68.6 Å². The molecule has 22 nitrogen and oxygen atoms in total. The maximum absolute atomic E-state index is 13.4. The molecule has 0 spiro atoms. The van der Waals surface area contributed by atoms with E-state index in [4.69, 9.17) is 56.1 Å². The Morgan fingerprint density at radius 2 is 1.37 bits per heavy atom. The highest BCUT2D eigenvalue weighted by molar-refractivity contribution is 6.32. The minimum Gasteiger partial charge on any atom is -0.434 e. The van der Waals surface area contributed by atoms with Crippen LogP contribution < -0.4 is 0 Å². The number of rotatable bonds is 24. The van der Waals surface area contributed by atoms with Gasteiger partial charge in [-0.05, 0) is 60.9 Å². The van der Waals surface area contributed by atoms with Crippen molar-refractivity contribution in [3.8, 4) is 22.5 Å². The topological polar surface area (TPSA) is 265 Å². The minimum absolute atomic E-state index is 0.0113. The van der Waals surface area contributed by atoms with E-state index in [9.17, 15) is 14.4 Å². The maximum Gasteiger partial charge on any atom is 0.511 e. The van der Waals surface area contributed by atoms with E-state index in [1.807, 2.05) is 55.5 Å². The number of carbonyl (C=O) groups excluding carboxylic acids is 3. The second-order valence-electron chi connectivity index (χ2n) is 12.6. The lowest BCUT2D eigenvalue weighted by atomic mass is 9.98. The minimum atomic E-state index is -1.33. The quantitative estimate of drug-likeness (QED) is 0.0202. The SMILES string of the molecule is CCCCc1nc(Cl)c(C(=O)OC(C)OC(=O)OCCCCON(O)O)n1Cc1ccc(-c2ccccc2-c2nnn(C(C)OC(=O)OCCCCON(O)O)n2)cc1. The molecule has 0 aliphatic rings. The number of tetrazole rings is 1. The molecule has 4 N–H and O–H groups in total. The molecule has 0 saturated carbocycles. The third-order valence-corrected chi connectivity index (χ3v) is 8.47. The molecule has 322 valence electrons. The van der Waals surface area contributed by atoms with E-state index in [1.165, 1.54) is 6.92 Å². The fourth-order valence-corrected chi connectivity index (χ4v) is 5.66. The normalized spacial score (nSPS) is 12.4. The summed E-state index contributed by atoms with van der Waals surface area (Å²) in [6.07, 6.45) is -0.589. The summed E-state index contributed by atoms with van der Waals surface area (Å²) in [6, 6.07) is 15.0. The van der Waals surface area contributed by atoms with Gasteiger partial charge in [0, 0.05) is 25.5 Å². The van der Waals surface area contributed by atoms with Crippen molar-refractivity contribution in [1.29, 1.82) is 0 Å². The number of nitrogens with zero attached hydrogens (tertiary/aromatic N) is 8. The van der Waals surface area contributed by atoms with Gasteiger partial charge in [0.2, 0.25) is 18.3 Å². The number of halogens is 1. The molecule has 4 aromatic rings. The van der Waals surface area contributed by atoms with Crippen LogP contribution in [0.25, 0.3) is 22.5 Å². The molecule has 23 heteroatoms. The summed E-state index contributed by atoms with van der Waals surface area (Å²) in [5.41, 5.74) is 3.08. The van der Waals surface area contributed by atoms with Gasteiger partial charge in [-0.2, -0.15) is 0 Å². The summed E-state index contributed by atoms with van der Waals surface area (Å²) in [6.45, 7) is 5.12. The van der Waals surface area contributed by atoms with Crippen molar-refractivity contribution in [2.45, 2.75) is 84.8 Å². The smallest absolute Gasteiger partial charge is 0.434 e. The monoisotopic (exact) mass is 850 g/mol. The Labute approximate surface area is 343 Å².